The number of nitrogens with one attached hydrogen (secondary N) is 1. The molecule has 5 heteroatoms. The summed E-state index contributed by atoms with van der Waals surface area (Å²) in [6.45, 7) is 3.15. The van der Waals surface area contributed by atoms with Gasteiger partial charge in [0.25, 0.3) is 0 Å². The van der Waals surface area contributed by atoms with Crippen LogP contribution in [0, 0.1) is 0 Å². The van der Waals surface area contributed by atoms with E-state index in [4.69, 9.17) is 9.84 Å². The molecule has 94 valence electrons. The van der Waals surface area contributed by atoms with Crippen molar-refractivity contribution in [1.29, 1.82) is 0 Å². The van der Waals surface area contributed by atoms with Crippen molar-refractivity contribution in [3.8, 4) is 0 Å². The van der Waals surface area contributed by atoms with Crippen molar-refractivity contribution in [2.24, 2.45) is 0 Å². The van der Waals surface area contributed by atoms with Crippen molar-refractivity contribution in [3.05, 3.63) is 0 Å². The van der Waals surface area contributed by atoms with Gasteiger partial charge in [0.2, 0.25) is 5.91 Å². The maximum atomic E-state index is 11.1. The van der Waals surface area contributed by atoms with Crippen LogP contribution in [0.4, 0.5) is 0 Å². The predicted octanol–water partition coefficient (Wildman–Crippen LogP) is 1.17. The second-order valence-electron chi connectivity index (χ2n) is 3.55. The van der Waals surface area contributed by atoms with E-state index in [0.717, 1.165) is 19.3 Å². The van der Waals surface area contributed by atoms with Crippen LogP contribution >= 0.6 is 0 Å². The van der Waals surface area contributed by atoms with Crippen molar-refractivity contribution < 1.29 is 19.4 Å². The number of carboxylic acid groups (broad SMARTS) is 1. The third-order valence-electron chi connectivity index (χ3n) is 2.08. The van der Waals surface area contributed by atoms with Gasteiger partial charge in [0.1, 0.15) is 6.61 Å². The number of carboxylic acids is 1. The molecule has 0 aromatic carbocycles. The van der Waals surface area contributed by atoms with Gasteiger partial charge in [0.15, 0.2) is 0 Å². The molecule has 0 aliphatic heterocycles. The molecule has 0 aromatic heterocycles. The van der Waals surface area contributed by atoms with Crippen LogP contribution < -0.4 is 5.32 Å². The highest BCUT2D eigenvalue weighted by Gasteiger charge is 1.99. The van der Waals surface area contributed by atoms with Gasteiger partial charge in [-0.05, 0) is 19.8 Å². The van der Waals surface area contributed by atoms with Gasteiger partial charge in [-0.25, -0.2) is 0 Å². The molecule has 0 saturated heterocycles. The van der Waals surface area contributed by atoms with E-state index in [1.165, 1.54) is 0 Å². The molecule has 0 spiro atoms. The summed E-state index contributed by atoms with van der Waals surface area (Å²) in [5, 5.41) is 11.1. The summed E-state index contributed by atoms with van der Waals surface area (Å²) in [5.74, 6) is -0.836. The standard InChI is InChI=1S/C11H21NO4/c1-2-16-9-10(13)12-8-6-4-3-5-7-11(14)15/h2-9H2,1H3,(H,12,13)(H,14,15). The molecule has 0 aromatic rings. The summed E-state index contributed by atoms with van der Waals surface area (Å²) >= 11 is 0. The van der Waals surface area contributed by atoms with Gasteiger partial charge in [0.05, 0.1) is 0 Å². The minimum atomic E-state index is -0.745. The summed E-state index contributed by atoms with van der Waals surface area (Å²) in [6, 6.07) is 0. The highest BCUT2D eigenvalue weighted by Crippen LogP contribution is 2.01. The molecule has 0 heterocycles. The van der Waals surface area contributed by atoms with Gasteiger partial charge in [-0.2, -0.15) is 0 Å². The number of ether oxygens (including phenoxy) is 1. The van der Waals surface area contributed by atoms with E-state index in [1.54, 1.807) is 0 Å². The first-order valence-corrected chi connectivity index (χ1v) is 5.73. The minimum Gasteiger partial charge on any atom is -0.481 e. The highest BCUT2D eigenvalue weighted by molar-refractivity contribution is 5.77. The van der Waals surface area contributed by atoms with Crippen LogP contribution in [0.1, 0.15) is 39.0 Å². The van der Waals surface area contributed by atoms with E-state index >= 15 is 0 Å². The van der Waals surface area contributed by atoms with E-state index in [9.17, 15) is 9.59 Å². The van der Waals surface area contributed by atoms with Crippen LogP contribution in [0.25, 0.3) is 0 Å². The van der Waals surface area contributed by atoms with Crippen molar-refractivity contribution in [3.63, 3.8) is 0 Å². The first-order valence-electron chi connectivity index (χ1n) is 5.73. The fraction of sp³-hybridized carbons (Fsp3) is 0.818. The first kappa shape index (κ1) is 14.9. The third kappa shape index (κ3) is 11.0. The molecule has 0 aliphatic carbocycles. The minimum absolute atomic E-state index is 0.0904. The summed E-state index contributed by atoms with van der Waals surface area (Å²) < 4.78 is 4.94. The summed E-state index contributed by atoms with van der Waals surface area (Å²) in [5.41, 5.74) is 0. The number of rotatable bonds is 10. The lowest BCUT2D eigenvalue weighted by Crippen LogP contribution is -2.28. The number of aliphatic carboxylic acids is 1. The molecule has 5 nitrogen and oxygen atoms in total. The van der Waals surface area contributed by atoms with Gasteiger partial charge >= 0.3 is 5.97 Å². The molecule has 0 bridgehead atoms. The Balaban J connectivity index is 3.14. The second-order valence-corrected chi connectivity index (χ2v) is 3.55. The van der Waals surface area contributed by atoms with Gasteiger partial charge in [-0.1, -0.05) is 12.8 Å². The maximum Gasteiger partial charge on any atom is 0.303 e. The maximum absolute atomic E-state index is 11.1. The molecular weight excluding hydrogens is 210 g/mol. The Kier molecular flexibility index (Phi) is 9.70. The van der Waals surface area contributed by atoms with E-state index in [-0.39, 0.29) is 18.9 Å². The van der Waals surface area contributed by atoms with Crippen molar-refractivity contribution in [1.82, 2.24) is 5.32 Å². The normalized spacial score (nSPS) is 10.1. The average molecular weight is 231 g/mol. The Labute approximate surface area is 96.2 Å². The zero-order valence-corrected chi connectivity index (χ0v) is 9.83. The zero-order chi connectivity index (χ0) is 12.2. The molecule has 2 N–H and O–H groups in total. The summed E-state index contributed by atoms with van der Waals surface area (Å²) in [7, 11) is 0. The molecule has 0 atom stereocenters. The molecule has 0 aliphatic rings. The molecule has 0 fully saturated rings. The van der Waals surface area contributed by atoms with Gasteiger partial charge in [-0.15, -0.1) is 0 Å². The number of hydrogen-bond acceptors (Lipinski definition) is 3. The van der Waals surface area contributed by atoms with Crippen molar-refractivity contribution >= 4 is 11.9 Å². The number of amides is 1. The number of carbonyl (C=O) groups is 2. The van der Waals surface area contributed by atoms with E-state index in [2.05, 4.69) is 5.32 Å². The third-order valence-corrected chi connectivity index (χ3v) is 2.08. The quantitative estimate of drug-likeness (QED) is 0.553. The number of unbranched alkanes of at least 4 members (excludes halogenated alkanes) is 3. The van der Waals surface area contributed by atoms with Gasteiger partial charge in [-0.3, -0.25) is 9.59 Å². The number of carbonyl (C=O) groups excluding carboxylic acids is 1. The lowest BCUT2D eigenvalue weighted by Gasteiger charge is -2.04. The van der Waals surface area contributed by atoms with Crippen LogP contribution in [0.15, 0.2) is 0 Å². The Morgan fingerprint density at radius 1 is 1.19 bits per heavy atom. The molecule has 0 saturated carbocycles. The molecule has 0 unspecified atom stereocenters. The Morgan fingerprint density at radius 2 is 1.88 bits per heavy atom. The Bertz CT molecular complexity index is 206. The largest absolute Gasteiger partial charge is 0.481 e. The van der Waals surface area contributed by atoms with Crippen LogP contribution in [-0.2, 0) is 14.3 Å². The van der Waals surface area contributed by atoms with E-state index in [1.807, 2.05) is 6.92 Å². The number of hydrogen-bond donors (Lipinski definition) is 2. The van der Waals surface area contributed by atoms with Crippen LogP contribution in [0.5, 0.6) is 0 Å². The monoisotopic (exact) mass is 231 g/mol. The average Bonchev–Trinajstić information content (AvgIpc) is 2.24. The molecule has 1 amide bonds. The highest BCUT2D eigenvalue weighted by atomic mass is 16.5. The van der Waals surface area contributed by atoms with Crippen LogP contribution in [-0.4, -0.2) is 36.7 Å². The summed E-state index contributed by atoms with van der Waals surface area (Å²) in [6.07, 6.45) is 3.67. The fourth-order valence-electron chi connectivity index (χ4n) is 1.23. The summed E-state index contributed by atoms with van der Waals surface area (Å²) in [4.78, 5) is 21.3. The fourth-order valence-corrected chi connectivity index (χ4v) is 1.23. The Morgan fingerprint density at radius 3 is 2.50 bits per heavy atom. The Hall–Kier alpha value is -1.10. The van der Waals surface area contributed by atoms with Crippen LogP contribution in [0.2, 0.25) is 0 Å². The molecular formula is C11H21NO4. The SMILES string of the molecule is CCOCC(=O)NCCCCCCC(=O)O. The lowest BCUT2D eigenvalue weighted by atomic mass is 10.1. The van der Waals surface area contributed by atoms with E-state index in [0.29, 0.717) is 19.6 Å². The van der Waals surface area contributed by atoms with Crippen LogP contribution in [0.3, 0.4) is 0 Å². The van der Waals surface area contributed by atoms with Crippen molar-refractivity contribution in [2.75, 3.05) is 19.8 Å². The zero-order valence-electron chi connectivity index (χ0n) is 9.83. The topological polar surface area (TPSA) is 75.6 Å². The van der Waals surface area contributed by atoms with E-state index < -0.39 is 5.97 Å². The van der Waals surface area contributed by atoms with Gasteiger partial charge < -0.3 is 15.2 Å². The first-order chi connectivity index (χ1) is 7.66. The lowest BCUT2D eigenvalue weighted by molar-refractivity contribution is -0.137. The van der Waals surface area contributed by atoms with Crippen molar-refractivity contribution in [2.45, 2.75) is 39.0 Å². The molecule has 16 heavy (non-hydrogen) atoms. The predicted molar refractivity (Wildman–Crippen MR) is 60.2 cm³/mol. The smallest absolute Gasteiger partial charge is 0.303 e. The molecule has 0 rings (SSSR count). The molecule has 0 radical (unpaired) electrons. The van der Waals surface area contributed by atoms with Gasteiger partial charge in [0, 0.05) is 19.6 Å². The second kappa shape index (κ2) is 10.4.